The predicted molar refractivity (Wildman–Crippen MR) is 71.4 cm³/mol. The summed E-state index contributed by atoms with van der Waals surface area (Å²) in [6.45, 7) is 1.52. The monoisotopic (exact) mass is 311 g/mol. The number of alkyl halides is 3. The second kappa shape index (κ2) is 4.69. The molecule has 0 bridgehead atoms. The first-order chi connectivity index (χ1) is 10.3. The number of aryl methyl sites for hydroxylation is 1. The maximum Gasteiger partial charge on any atom is 0.431 e. The Labute approximate surface area is 121 Å². The van der Waals surface area contributed by atoms with E-state index in [2.05, 4.69) is 10.1 Å². The molecule has 0 amide bonds. The second-order valence-corrected chi connectivity index (χ2v) is 4.74. The van der Waals surface area contributed by atoms with Gasteiger partial charge in [-0.15, -0.1) is 0 Å². The van der Waals surface area contributed by atoms with Crippen LogP contribution in [0, 0.1) is 12.7 Å². The third-order valence-electron chi connectivity index (χ3n) is 3.21. The molecule has 1 aromatic carbocycles. The molecule has 0 saturated heterocycles. The average molecular weight is 311 g/mol. The number of H-pyrrole nitrogens is 1. The largest absolute Gasteiger partial charge is 0.431 e. The maximum atomic E-state index is 13.0. The van der Waals surface area contributed by atoms with E-state index in [-0.39, 0.29) is 16.7 Å². The highest BCUT2D eigenvalue weighted by atomic mass is 19.4. The van der Waals surface area contributed by atoms with Crippen LogP contribution in [-0.2, 0) is 6.18 Å². The van der Waals surface area contributed by atoms with Crippen molar-refractivity contribution in [3.8, 4) is 5.69 Å². The summed E-state index contributed by atoms with van der Waals surface area (Å²) >= 11 is 0. The van der Waals surface area contributed by atoms with Crippen molar-refractivity contribution in [3.63, 3.8) is 0 Å². The summed E-state index contributed by atoms with van der Waals surface area (Å²) in [6, 6.07) is 5.54. The van der Waals surface area contributed by atoms with Crippen LogP contribution in [0.3, 0.4) is 0 Å². The van der Waals surface area contributed by atoms with Gasteiger partial charge >= 0.3 is 6.18 Å². The lowest BCUT2D eigenvalue weighted by Gasteiger charge is -2.08. The molecule has 4 nitrogen and oxygen atoms in total. The molecule has 0 spiro atoms. The van der Waals surface area contributed by atoms with E-state index in [1.54, 1.807) is 0 Å². The third kappa shape index (κ3) is 2.26. The van der Waals surface area contributed by atoms with Gasteiger partial charge in [-0.1, -0.05) is 0 Å². The molecule has 0 aliphatic carbocycles. The maximum absolute atomic E-state index is 13.0. The van der Waals surface area contributed by atoms with Gasteiger partial charge in [0.1, 0.15) is 17.2 Å². The molecule has 2 heterocycles. The van der Waals surface area contributed by atoms with Crippen LogP contribution in [-0.4, -0.2) is 14.8 Å². The number of benzene rings is 1. The molecule has 2 aromatic heterocycles. The molecule has 0 atom stereocenters. The lowest BCUT2D eigenvalue weighted by molar-refractivity contribution is -0.141. The zero-order valence-corrected chi connectivity index (χ0v) is 11.2. The number of hydrogen-bond acceptors (Lipinski definition) is 2. The minimum atomic E-state index is -4.68. The quantitative estimate of drug-likeness (QED) is 0.702. The molecule has 8 heteroatoms. The second-order valence-electron chi connectivity index (χ2n) is 4.74. The number of aromatic nitrogens is 3. The van der Waals surface area contributed by atoms with Crippen molar-refractivity contribution < 1.29 is 17.6 Å². The number of rotatable bonds is 1. The number of nitrogens with one attached hydrogen (secondary N) is 1. The fourth-order valence-corrected chi connectivity index (χ4v) is 2.23. The summed E-state index contributed by atoms with van der Waals surface area (Å²) in [5.74, 6) is -0.485. The van der Waals surface area contributed by atoms with Crippen LogP contribution >= 0.6 is 0 Å². The highest BCUT2D eigenvalue weighted by Crippen LogP contribution is 2.28. The number of fused-ring (bicyclic) bond motifs is 1. The van der Waals surface area contributed by atoms with Gasteiger partial charge in [0.05, 0.1) is 16.8 Å². The topological polar surface area (TPSA) is 50.7 Å². The average Bonchev–Trinajstić information content (AvgIpc) is 2.76. The van der Waals surface area contributed by atoms with Crippen molar-refractivity contribution in [1.82, 2.24) is 14.8 Å². The standard InChI is InChI=1S/C14H9F4N3O/c1-7-12-10(22)6-11(14(16,17)18)19-13(12)21(20-7)9-4-2-8(15)3-5-9/h2-6H,1H3,(H,19,22). The van der Waals surface area contributed by atoms with Crippen LogP contribution in [0.4, 0.5) is 17.6 Å². The van der Waals surface area contributed by atoms with E-state index < -0.39 is 23.1 Å². The SMILES string of the molecule is Cc1nn(-c2ccc(F)cc2)c2[nH]c(C(F)(F)F)cc(=O)c12. The third-order valence-corrected chi connectivity index (χ3v) is 3.21. The van der Waals surface area contributed by atoms with E-state index in [1.165, 1.54) is 19.1 Å². The number of pyridine rings is 1. The van der Waals surface area contributed by atoms with Crippen molar-refractivity contribution in [2.75, 3.05) is 0 Å². The first kappa shape index (κ1) is 14.3. The summed E-state index contributed by atoms with van der Waals surface area (Å²) in [4.78, 5) is 14.1. The summed E-state index contributed by atoms with van der Waals surface area (Å²) in [5.41, 5.74) is -1.38. The van der Waals surface area contributed by atoms with Crippen LogP contribution in [0.2, 0.25) is 0 Å². The molecule has 3 aromatic rings. The van der Waals surface area contributed by atoms with E-state index in [4.69, 9.17) is 0 Å². The zero-order valence-electron chi connectivity index (χ0n) is 11.2. The lowest BCUT2D eigenvalue weighted by Crippen LogP contribution is -2.14. The molecule has 22 heavy (non-hydrogen) atoms. The van der Waals surface area contributed by atoms with Crippen molar-refractivity contribution in [1.29, 1.82) is 0 Å². The first-order valence-corrected chi connectivity index (χ1v) is 6.23. The Hall–Kier alpha value is -2.64. The Bertz CT molecular complexity index is 907. The summed E-state index contributed by atoms with van der Waals surface area (Å²) in [6.07, 6.45) is -4.68. The number of aromatic amines is 1. The summed E-state index contributed by atoms with van der Waals surface area (Å²) < 4.78 is 52.6. The van der Waals surface area contributed by atoms with Gasteiger partial charge in [0.15, 0.2) is 5.43 Å². The Kier molecular flexibility index (Phi) is 3.05. The zero-order chi connectivity index (χ0) is 16.1. The minimum absolute atomic E-state index is 0.0670. The van der Waals surface area contributed by atoms with Gasteiger partial charge in [-0.2, -0.15) is 18.3 Å². The fraction of sp³-hybridized carbons (Fsp3) is 0.143. The molecule has 0 saturated carbocycles. The smallest absolute Gasteiger partial charge is 0.335 e. The van der Waals surface area contributed by atoms with Gasteiger partial charge in [0.2, 0.25) is 0 Å². The van der Waals surface area contributed by atoms with Gasteiger partial charge in [-0.25, -0.2) is 9.07 Å². The molecule has 3 rings (SSSR count). The Morgan fingerprint density at radius 2 is 1.82 bits per heavy atom. The summed E-state index contributed by atoms with van der Waals surface area (Å²) in [7, 11) is 0. The van der Waals surface area contributed by atoms with Crippen LogP contribution in [0.5, 0.6) is 0 Å². The molecule has 0 unspecified atom stereocenters. The van der Waals surface area contributed by atoms with Crippen LogP contribution < -0.4 is 5.43 Å². The van der Waals surface area contributed by atoms with E-state index in [1.807, 2.05) is 0 Å². The molecule has 114 valence electrons. The number of nitrogens with zero attached hydrogens (tertiary/aromatic N) is 2. The van der Waals surface area contributed by atoms with Crippen LogP contribution in [0.25, 0.3) is 16.7 Å². The normalized spacial score (nSPS) is 12.0. The van der Waals surface area contributed by atoms with E-state index >= 15 is 0 Å². The Balaban J connectivity index is 2.34. The molecule has 0 aliphatic rings. The molecular formula is C14H9F4N3O. The van der Waals surface area contributed by atoms with Crippen LogP contribution in [0.15, 0.2) is 35.1 Å². The molecular weight excluding hydrogens is 302 g/mol. The summed E-state index contributed by atoms with van der Waals surface area (Å²) in [5, 5.41) is 4.14. The fourth-order valence-electron chi connectivity index (χ4n) is 2.23. The van der Waals surface area contributed by atoms with Crippen molar-refractivity contribution in [3.05, 3.63) is 57.8 Å². The van der Waals surface area contributed by atoms with Crippen LogP contribution in [0.1, 0.15) is 11.4 Å². The molecule has 1 N–H and O–H groups in total. The van der Waals surface area contributed by atoms with E-state index in [0.29, 0.717) is 11.8 Å². The van der Waals surface area contributed by atoms with Gasteiger partial charge in [0, 0.05) is 6.07 Å². The van der Waals surface area contributed by atoms with E-state index in [0.717, 1.165) is 16.8 Å². The highest BCUT2D eigenvalue weighted by Gasteiger charge is 2.33. The first-order valence-electron chi connectivity index (χ1n) is 6.23. The van der Waals surface area contributed by atoms with Crippen molar-refractivity contribution in [2.45, 2.75) is 13.1 Å². The van der Waals surface area contributed by atoms with E-state index in [9.17, 15) is 22.4 Å². The Morgan fingerprint density at radius 1 is 1.18 bits per heavy atom. The molecule has 0 fully saturated rings. The van der Waals surface area contributed by atoms with Gasteiger partial charge in [-0.3, -0.25) is 4.79 Å². The molecule has 0 aliphatic heterocycles. The van der Waals surface area contributed by atoms with Crippen molar-refractivity contribution in [2.24, 2.45) is 0 Å². The Morgan fingerprint density at radius 3 is 2.41 bits per heavy atom. The van der Waals surface area contributed by atoms with Gasteiger partial charge < -0.3 is 4.98 Å². The van der Waals surface area contributed by atoms with Crippen molar-refractivity contribution >= 4 is 11.0 Å². The van der Waals surface area contributed by atoms with Gasteiger partial charge in [-0.05, 0) is 31.2 Å². The minimum Gasteiger partial charge on any atom is -0.335 e. The lowest BCUT2D eigenvalue weighted by atomic mass is 10.2. The predicted octanol–water partition coefficient (Wildman–Crippen LogP) is 3.18. The van der Waals surface area contributed by atoms with Gasteiger partial charge in [0.25, 0.3) is 0 Å². The number of halogens is 4. The molecule has 0 radical (unpaired) electrons. The number of hydrogen-bond donors (Lipinski definition) is 1. The highest BCUT2D eigenvalue weighted by molar-refractivity contribution is 5.79.